The van der Waals surface area contributed by atoms with E-state index >= 15 is 0 Å². The predicted molar refractivity (Wildman–Crippen MR) is 82.3 cm³/mol. The van der Waals surface area contributed by atoms with E-state index in [4.69, 9.17) is 5.11 Å². The van der Waals surface area contributed by atoms with Crippen LogP contribution in [0.3, 0.4) is 0 Å². The lowest BCUT2D eigenvalue weighted by atomic mass is 9.78. The van der Waals surface area contributed by atoms with E-state index in [1.165, 1.54) is 6.92 Å². The first-order valence-electron chi connectivity index (χ1n) is 8.85. The van der Waals surface area contributed by atoms with E-state index in [0.29, 0.717) is 6.42 Å². The molecule has 15 heteroatoms. The van der Waals surface area contributed by atoms with Crippen molar-refractivity contribution in [3.63, 3.8) is 0 Å². The number of fused-ring (bicyclic) bond motifs is 2. The normalized spacial score (nSPS) is 28.5. The average Bonchev–Trinajstić information content (AvgIpc) is 3.22. The third-order valence-corrected chi connectivity index (χ3v) is 5.60. The number of rotatable bonds is 7. The number of allylic oxidation sites excluding steroid dienone is 2. The van der Waals surface area contributed by atoms with Gasteiger partial charge in [0.15, 0.2) is 6.61 Å². The summed E-state index contributed by atoms with van der Waals surface area (Å²) in [6.07, 6.45) is -19.7. The zero-order chi connectivity index (χ0) is 24.9. The van der Waals surface area contributed by atoms with Gasteiger partial charge in [-0.1, -0.05) is 12.2 Å². The molecule has 5 unspecified atom stereocenters. The molecule has 5 nitrogen and oxygen atoms in total. The van der Waals surface area contributed by atoms with Gasteiger partial charge in [-0.25, -0.2) is 13.6 Å². The van der Waals surface area contributed by atoms with E-state index in [1.807, 2.05) is 6.08 Å². The van der Waals surface area contributed by atoms with Gasteiger partial charge in [-0.3, -0.25) is 4.79 Å². The summed E-state index contributed by atoms with van der Waals surface area (Å²) < 4.78 is 138. The number of hydrogen-bond acceptors (Lipinski definition) is 5. The molecule has 1 N–H and O–H groups in total. The maximum atomic E-state index is 14.0. The number of hydrogen-bond donors (Lipinski definition) is 1. The van der Waals surface area contributed by atoms with Crippen LogP contribution in [0.15, 0.2) is 12.2 Å². The SMILES string of the molecule is CC1(C(=O)OCC(=O)OC(C(F)(F)F)C(F)(F)C(O)(C(F)F)C(F)(F)F)CC2C=CC1C2. The highest BCUT2D eigenvalue weighted by molar-refractivity contribution is 5.81. The Labute approximate surface area is 173 Å². The summed E-state index contributed by atoms with van der Waals surface area (Å²) in [4.78, 5) is 23.8. The molecule has 0 heterocycles. The van der Waals surface area contributed by atoms with E-state index < -0.39 is 60.4 Å². The Bertz CT molecular complexity index is 777. The van der Waals surface area contributed by atoms with Crippen molar-refractivity contribution < 1.29 is 68.1 Å². The third kappa shape index (κ3) is 4.27. The summed E-state index contributed by atoms with van der Waals surface area (Å²) in [6, 6.07) is 0. The lowest BCUT2D eigenvalue weighted by Gasteiger charge is -2.40. The summed E-state index contributed by atoms with van der Waals surface area (Å²) in [5.41, 5.74) is -7.68. The summed E-state index contributed by atoms with van der Waals surface area (Å²) >= 11 is 0. The minimum Gasteiger partial charge on any atom is -0.453 e. The summed E-state index contributed by atoms with van der Waals surface area (Å²) in [5, 5.41) is 8.85. The second-order valence-electron chi connectivity index (χ2n) is 7.78. The lowest BCUT2D eigenvalue weighted by Crippen LogP contribution is -2.70. The van der Waals surface area contributed by atoms with Crippen LogP contribution in [0.25, 0.3) is 0 Å². The maximum Gasteiger partial charge on any atom is 0.431 e. The smallest absolute Gasteiger partial charge is 0.431 e. The fraction of sp³-hybridized carbons (Fsp3) is 0.765. The Balaban J connectivity index is 2.18. The second kappa shape index (κ2) is 8.06. The van der Waals surface area contributed by atoms with Gasteiger partial charge in [0, 0.05) is 0 Å². The largest absolute Gasteiger partial charge is 0.453 e. The van der Waals surface area contributed by atoms with Crippen molar-refractivity contribution >= 4 is 11.9 Å². The first-order chi connectivity index (χ1) is 14.3. The van der Waals surface area contributed by atoms with Crippen LogP contribution in [-0.2, 0) is 19.1 Å². The van der Waals surface area contributed by atoms with Gasteiger partial charge >= 0.3 is 30.2 Å². The van der Waals surface area contributed by atoms with Crippen molar-refractivity contribution in [2.45, 2.75) is 56.2 Å². The van der Waals surface area contributed by atoms with Crippen molar-refractivity contribution in [3.8, 4) is 0 Å². The summed E-state index contributed by atoms with van der Waals surface area (Å²) in [7, 11) is 0. The van der Waals surface area contributed by atoms with Crippen molar-refractivity contribution in [2.24, 2.45) is 17.3 Å². The van der Waals surface area contributed by atoms with Crippen molar-refractivity contribution in [3.05, 3.63) is 12.2 Å². The van der Waals surface area contributed by atoms with Gasteiger partial charge in [0.2, 0.25) is 0 Å². The van der Waals surface area contributed by atoms with Gasteiger partial charge in [0.05, 0.1) is 5.41 Å². The van der Waals surface area contributed by atoms with E-state index in [9.17, 15) is 53.5 Å². The van der Waals surface area contributed by atoms with Crippen LogP contribution in [0, 0.1) is 17.3 Å². The standard InChI is InChI=1S/C17H16F10O5/c1-13(5-7-2-3-8(13)4-7)12(29)31-6-9(28)32-10(16(22,23)24)15(20,21)14(30,11(18)19)17(25,26)27/h2-3,7-8,10-11,30H,4-6H2,1H3. The van der Waals surface area contributed by atoms with E-state index in [-0.39, 0.29) is 18.3 Å². The molecule has 0 saturated heterocycles. The maximum absolute atomic E-state index is 14.0. The van der Waals surface area contributed by atoms with Crippen LogP contribution in [0.1, 0.15) is 19.8 Å². The number of ether oxygens (including phenoxy) is 2. The monoisotopic (exact) mass is 490 g/mol. The van der Waals surface area contributed by atoms with E-state index in [1.54, 1.807) is 6.08 Å². The fourth-order valence-corrected chi connectivity index (χ4v) is 3.79. The molecule has 0 aromatic rings. The van der Waals surface area contributed by atoms with Crippen LogP contribution >= 0.6 is 0 Å². The molecular weight excluding hydrogens is 474 g/mol. The van der Waals surface area contributed by atoms with Gasteiger partial charge in [-0.05, 0) is 31.6 Å². The van der Waals surface area contributed by atoms with Gasteiger partial charge in [0.25, 0.3) is 18.1 Å². The first-order valence-corrected chi connectivity index (χ1v) is 8.85. The molecular formula is C17H16F10O5. The number of alkyl halides is 10. The van der Waals surface area contributed by atoms with Crippen molar-refractivity contribution in [2.75, 3.05) is 6.61 Å². The molecule has 2 aliphatic carbocycles. The van der Waals surface area contributed by atoms with Crippen LogP contribution < -0.4 is 0 Å². The number of carbonyl (C=O) groups excluding carboxylic acids is 2. The molecule has 0 radical (unpaired) electrons. The average molecular weight is 490 g/mol. The zero-order valence-corrected chi connectivity index (χ0v) is 15.9. The quantitative estimate of drug-likeness (QED) is 0.334. The Morgan fingerprint density at radius 2 is 1.66 bits per heavy atom. The predicted octanol–water partition coefficient (Wildman–Crippen LogP) is 3.80. The molecule has 1 saturated carbocycles. The number of aliphatic hydroxyl groups is 1. The number of esters is 2. The number of halogens is 10. The molecule has 2 aliphatic rings. The first kappa shape index (κ1) is 26.2. The molecule has 0 aromatic carbocycles. The Hall–Kier alpha value is -2.06. The van der Waals surface area contributed by atoms with Crippen molar-refractivity contribution in [1.29, 1.82) is 0 Å². The minimum atomic E-state index is -6.95. The highest BCUT2D eigenvalue weighted by Crippen LogP contribution is 2.53. The lowest BCUT2D eigenvalue weighted by molar-refractivity contribution is -0.401. The van der Waals surface area contributed by atoms with Crippen LogP contribution in [-0.4, -0.2) is 60.1 Å². The van der Waals surface area contributed by atoms with Gasteiger partial charge in [0.1, 0.15) is 0 Å². The van der Waals surface area contributed by atoms with E-state index in [2.05, 4.69) is 9.47 Å². The Kier molecular flexibility index (Phi) is 6.60. The van der Waals surface area contributed by atoms with Gasteiger partial charge < -0.3 is 14.6 Å². The zero-order valence-electron chi connectivity index (χ0n) is 15.9. The van der Waals surface area contributed by atoms with E-state index in [0.717, 1.165) is 0 Å². The van der Waals surface area contributed by atoms with Crippen molar-refractivity contribution in [1.82, 2.24) is 0 Å². The highest BCUT2D eigenvalue weighted by Gasteiger charge is 2.81. The minimum absolute atomic E-state index is 0.00666. The molecule has 0 aliphatic heterocycles. The van der Waals surface area contributed by atoms with Crippen LogP contribution in [0.4, 0.5) is 43.9 Å². The molecule has 1 fully saturated rings. The highest BCUT2D eigenvalue weighted by atomic mass is 19.4. The summed E-state index contributed by atoms with van der Waals surface area (Å²) in [6.45, 7) is -0.287. The third-order valence-electron chi connectivity index (χ3n) is 5.60. The molecule has 0 aromatic heterocycles. The molecule has 2 bridgehead atoms. The molecule has 0 spiro atoms. The topological polar surface area (TPSA) is 72.8 Å². The second-order valence-corrected chi connectivity index (χ2v) is 7.78. The Morgan fingerprint density at radius 3 is 2.03 bits per heavy atom. The van der Waals surface area contributed by atoms with Gasteiger partial charge in [-0.2, -0.15) is 35.1 Å². The molecule has 5 atom stereocenters. The molecule has 184 valence electrons. The molecule has 2 rings (SSSR count). The summed E-state index contributed by atoms with van der Waals surface area (Å²) in [5.74, 6) is -10.6. The Morgan fingerprint density at radius 1 is 1.09 bits per heavy atom. The van der Waals surface area contributed by atoms with Crippen LogP contribution in [0.5, 0.6) is 0 Å². The number of carbonyl (C=O) groups is 2. The van der Waals surface area contributed by atoms with Crippen LogP contribution in [0.2, 0.25) is 0 Å². The molecule has 32 heavy (non-hydrogen) atoms. The fourth-order valence-electron chi connectivity index (χ4n) is 3.79. The molecule has 0 amide bonds. The van der Waals surface area contributed by atoms with Gasteiger partial charge in [-0.15, -0.1) is 0 Å².